The van der Waals surface area contributed by atoms with Crippen LogP contribution >= 0.6 is 0 Å². The van der Waals surface area contributed by atoms with Gasteiger partial charge in [0.25, 0.3) is 5.91 Å². The summed E-state index contributed by atoms with van der Waals surface area (Å²) in [7, 11) is 0.688. The maximum absolute atomic E-state index is 12.6. The zero-order valence-electron chi connectivity index (χ0n) is 18.0. The van der Waals surface area contributed by atoms with E-state index in [0.29, 0.717) is 16.8 Å². The Morgan fingerprint density at radius 3 is 2.10 bits per heavy atom. The number of hydrogen-bond acceptors (Lipinski definition) is 6. The Kier molecular flexibility index (Phi) is 7.40. The lowest BCUT2D eigenvalue weighted by atomic mass is 10.1. The lowest BCUT2D eigenvalue weighted by Gasteiger charge is -2.22. The number of esters is 1. The molecule has 2 amide bonds. The second-order valence-corrected chi connectivity index (χ2v) is 8.99. The third-order valence-corrected chi connectivity index (χ3v) is 5.57. The van der Waals surface area contributed by atoms with Crippen molar-refractivity contribution in [3.8, 4) is 0 Å². The molecule has 0 saturated heterocycles. The zero-order chi connectivity index (χ0) is 23.3. The van der Waals surface area contributed by atoms with Gasteiger partial charge >= 0.3 is 5.97 Å². The van der Waals surface area contributed by atoms with E-state index < -0.39 is 28.4 Å². The molecule has 1 N–H and O–H groups in total. The van der Waals surface area contributed by atoms with Crippen LogP contribution in [0.4, 0.5) is 11.4 Å². The van der Waals surface area contributed by atoms with Crippen LogP contribution in [0.1, 0.15) is 26.3 Å². The molecule has 0 unspecified atom stereocenters. The maximum Gasteiger partial charge on any atom is 0.337 e. The minimum atomic E-state index is -3.79. The molecule has 31 heavy (non-hydrogen) atoms. The van der Waals surface area contributed by atoms with Crippen LogP contribution in [0.2, 0.25) is 0 Å². The first-order chi connectivity index (χ1) is 14.4. The van der Waals surface area contributed by atoms with Gasteiger partial charge < -0.3 is 15.0 Å². The summed E-state index contributed by atoms with van der Waals surface area (Å²) < 4.78 is 30.2. The molecule has 0 spiro atoms. The number of hydrogen-bond donors (Lipinski definition) is 1. The van der Waals surface area contributed by atoms with Crippen molar-refractivity contribution in [2.24, 2.45) is 0 Å². The van der Waals surface area contributed by atoms with Gasteiger partial charge in [-0.15, -0.1) is 0 Å². The van der Waals surface area contributed by atoms with E-state index in [0.717, 1.165) is 10.6 Å². The van der Waals surface area contributed by atoms with Gasteiger partial charge in [0.15, 0.2) is 0 Å². The Morgan fingerprint density at radius 2 is 1.58 bits per heavy atom. The predicted molar refractivity (Wildman–Crippen MR) is 118 cm³/mol. The summed E-state index contributed by atoms with van der Waals surface area (Å²) in [6, 6.07) is 10.6. The first-order valence-electron chi connectivity index (χ1n) is 9.22. The first-order valence-corrected chi connectivity index (χ1v) is 11.1. The molecule has 0 atom stereocenters. The highest BCUT2D eigenvalue weighted by atomic mass is 32.2. The first kappa shape index (κ1) is 23.9. The van der Waals surface area contributed by atoms with E-state index in [1.54, 1.807) is 33.2 Å². The fraction of sp³-hybridized carbons (Fsp3) is 0.286. The van der Waals surface area contributed by atoms with Crippen molar-refractivity contribution in [1.82, 2.24) is 4.90 Å². The number of methoxy groups -OCH3 is 1. The van der Waals surface area contributed by atoms with Crippen molar-refractivity contribution >= 4 is 39.2 Å². The van der Waals surface area contributed by atoms with Crippen molar-refractivity contribution in [2.75, 3.05) is 43.6 Å². The molecule has 0 bridgehead atoms. The van der Waals surface area contributed by atoms with Gasteiger partial charge in [-0.25, -0.2) is 13.2 Å². The van der Waals surface area contributed by atoms with Crippen LogP contribution in [0.25, 0.3) is 0 Å². The third kappa shape index (κ3) is 6.05. The highest BCUT2D eigenvalue weighted by Crippen LogP contribution is 2.21. The molecule has 0 fully saturated rings. The lowest BCUT2D eigenvalue weighted by Crippen LogP contribution is -2.37. The molecular formula is C21H25N3O6S. The topological polar surface area (TPSA) is 113 Å². The molecule has 0 radical (unpaired) electrons. The summed E-state index contributed by atoms with van der Waals surface area (Å²) in [5.41, 5.74) is 1.95. The SMILES string of the molecule is COC(=O)c1ccc(C)c(NC(=O)CN(c2ccc(C(=O)N(C)C)cc2)S(C)(=O)=O)c1. The van der Waals surface area contributed by atoms with Crippen LogP contribution in [-0.4, -0.2) is 65.1 Å². The van der Waals surface area contributed by atoms with E-state index in [1.165, 1.54) is 42.3 Å². The molecule has 2 aromatic rings. The quantitative estimate of drug-likeness (QED) is 0.649. The molecule has 0 aromatic heterocycles. The number of sulfonamides is 1. The van der Waals surface area contributed by atoms with Crippen molar-refractivity contribution in [1.29, 1.82) is 0 Å². The van der Waals surface area contributed by atoms with Crippen molar-refractivity contribution < 1.29 is 27.5 Å². The maximum atomic E-state index is 12.6. The molecule has 9 nitrogen and oxygen atoms in total. The standard InChI is InChI=1S/C21H25N3O6S/c1-14-6-7-16(21(27)30-4)12-18(14)22-19(25)13-24(31(5,28)29)17-10-8-15(9-11-17)20(26)23(2)3/h6-12H,13H2,1-5H3,(H,22,25). The van der Waals surface area contributed by atoms with E-state index in [1.807, 2.05) is 0 Å². The number of benzene rings is 2. The Labute approximate surface area is 181 Å². The Balaban J connectivity index is 2.25. The van der Waals surface area contributed by atoms with Gasteiger partial charge in [-0.05, 0) is 48.9 Å². The fourth-order valence-electron chi connectivity index (χ4n) is 2.75. The average molecular weight is 448 g/mol. The van der Waals surface area contributed by atoms with Gasteiger partial charge in [0.1, 0.15) is 6.54 Å². The summed E-state index contributed by atoms with van der Waals surface area (Å²) in [5.74, 6) is -1.37. The molecule has 0 saturated carbocycles. The number of carbonyl (C=O) groups is 3. The number of aryl methyl sites for hydroxylation is 1. The number of carbonyl (C=O) groups excluding carboxylic acids is 3. The fourth-order valence-corrected chi connectivity index (χ4v) is 3.61. The molecular weight excluding hydrogens is 422 g/mol. The van der Waals surface area contributed by atoms with Gasteiger partial charge in [-0.3, -0.25) is 13.9 Å². The minimum absolute atomic E-state index is 0.226. The summed E-state index contributed by atoms with van der Waals surface area (Å²) in [5, 5.41) is 2.63. The summed E-state index contributed by atoms with van der Waals surface area (Å²) in [4.78, 5) is 37.8. The Hall–Kier alpha value is -3.40. The van der Waals surface area contributed by atoms with Crippen LogP contribution in [0, 0.1) is 6.92 Å². The number of ether oxygens (including phenoxy) is 1. The van der Waals surface area contributed by atoms with Gasteiger partial charge in [-0.1, -0.05) is 6.07 Å². The number of nitrogens with zero attached hydrogens (tertiary/aromatic N) is 2. The average Bonchev–Trinajstić information content (AvgIpc) is 2.71. The predicted octanol–water partition coefficient (Wildman–Crippen LogP) is 1.89. The van der Waals surface area contributed by atoms with Crippen molar-refractivity contribution in [2.45, 2.75) is 6.92 Å². The van der Waals surface area contributed by atoms with Gasteiger partial charge in [0.05, 0.1) is 24.6 Å². The van der Waals surface area contributed by atoms with Gasteiger partial charge in [0.2, 0.25) is 15.9 Å². The van der Waals surface area contributed by atoms with Crippen LogP contribution in [0.5, 0.6) is 0 Å². The normalized spacial score (nSPS) is 10.9. The molecule has 2 aromatic carbocycles. The molecule has 166 valence electrons. The van der Waals surface area contributed by atoms with E-state index >= 15 is 0 Å². The second-order valence-electron chi connectivity index (χ2n) is 7.09. The smallest absolute Gasteiger partial charge is 0.337 e. The molecule has 0 aliphatic rings. The Bertz CT molecular complexity index is 1090. The second kappa shape index (κ2) is 9.61. The van der Waals surface area contributed by atoms with E-state index in [-0.39, 0.29) is 17.2 Å². The number of anilines is 2. The summed E-state index contributed by atoms with van der Waals surface area (Å²) in [6.45, 7) is 1.26. The van der Waals surface area contributed by atoms with Gasteiger partial charge in [-0.2, -0.15) is 0 Å². The molecule has 0 heterocycles. The molecule has 0 aliphatic heterocycles. The largest absolute Gasteiger partial charge is 0.465 e. The Morgan fingerprint density at radius 1 is 1.00 bits per heavy atom. The number of nitrogens with one attached hydrogen (secondary N) is 1. The number of amides is 2. The van der Waals surface area contributed by atoms with Gasteiger partial charge in [0, 0.05) is 25.3 Å². The molecule has 0 aliphatic carbocycles. The highest BCUT2D eigenvalue weighted by molar-refractivity contribution is 7.92. The van der Waals surface area contributed by atoms with Crippen molar-refractivity contribution in [3.63, 3.8) is 0 Å². The summed E-state index contributed by atoms with van der Waals surface area (Å²) >= 11 is 0. The van der Waals surface area contributed by atoms with E-state index in [9.17, 15) is 22.8 Å². The van der Waals surface area contributed by atoms with Crippen LogP contribution in [0.3, 0.4) is 0 Å². The third-order valence-electron chi connectivity index (χ3n) is 4.43. The molecule has 2 rings (SSSR count). The van der Waals surface area contributed by atoms with E-state index in [2.05, 4.69) is 10.1 Å². The van der Waals surface area contributed by atoms with E-state index in [4.69, 9.17) is 0 Å². The number of rotatable bonds is 7. The van der Waals surface area contributed by atoms with Crippen molar-refractivity contribution in [3.05, 3.63) is 59.2 Å². The van der Waals surface area contributed by atoms with Crippen LogP contribution in [0.15, 0.2) is 42.5 Å². The monoisotopic (exact) mass is 447 g/mol. The highest BCUT2D eigenvalue weighted by Gasteiger charge is 2.22. The lowest BCUT2D eigenvalue weighted by molar-refractivity contribution is -0.114. The van der Waals surface area contributed by atoms with Crippen LogP contribution in [-0.2, 0) is 19.6 Å². The molecule has 10 heteroatoms. The minimum Gasteiger partial charge on any atom is -0.465 e. The zero-order valence-corrected chi connectivity index (χ0v) is 18.8. The van der Waals surface area contributed by atoms with Crippen LogP contribution < -0.4 is 9.62 Å². The summed E-state index contributed by atoms with van der Waals surface area (Å²) in [6.07, 6.45) is 0.988.